The van der Waals surface area contributed by atoms with E-state index in [2.05, 4.69) is 69.4 Å². The van der Waals surface area contributed by atoms with Crippen molar-refractivity contribution in [1.82, 2.24) is 9.88 Å². The monoisotopic (exact) mass is 536 g/mol. The fourth-order valence-electron chi connectivity index (χ4n) is 5.12. The van der Waals surface area contributed by atoms with Crippen molar-refractivity contribution in [3.63, 3.8) is 0 Å². The molecule has 8 nitrogen and oxygen atoms in total. The molecular formula is C32H32N4O4. The molecule has 3 aromatic carbocycles. The Bertz CT molecular complexity index is 1420. The number of nitriles is 1. The van der Waals surface area contributed by atoms with E-state index >= 15 is 0 Å². The number of nitrogens with zero attached hydrogens (tertiary/aromatic N) is 4. The van der Waals surface area contributed by atoms with Crippen molar-refractivity contribution in [2.45, 2.75) is 6.04 Å². The number of hydrogen-bond acceptors (Lipinski definition) is 8. The van der Waals surface area contributed by atoms with Crippen LogP contribution < -0.4 is 19.1 Å². The number of benzene rings is 3. The molecule has 1 aliphatic heterocycles. The van der Waals surface area contributed by atoms with E-state index in [0.717, 1.165) is 31.7 Å². The highest BCUT2D eigenvalue weighted by molar-refractivity contribution is 5.71. The number of hydrogen-bond donors (Lipinski definition) is 0. The zero-order valence-corrected chi connectivity index (χ0v) is 22.9. The van der Waals surface area contributed by atoms with Crippen LogP contribution in [0, 0.1) is 11.3 Å². The predicted octanol–water partition coefficient (Wildman–Crippen LogP) is 5.65. The summed E-state index contributed by atoms with van der Waals surface area (Å²) in [6.45, 7) is 3.07. The van der Waals surface area contributed by atoms with Gasteiger partial charge in [-0.15, -0.1) is 0 Å². The number of methoxy groups -OCH3 is 3. The fourth-order valence-corrected chi connectivity index (χ4v) is 5.12. The van der Waals surface area contributed by atoms with E-state index in [1.54, 1.807) is 27.4 Å². The van der Waals surface area contributed by atoms with Crippen molar-refractivity contribution in [3.8, 4) is 23.3 Å². The summed E-state index contributed by atoms with van der Waals surface area (Å²) in [6.07, 6.45) is 3.58. The highest BCUT2D eigenvalue weighted by Crippen LogP contribution is 2.39. The second kappa shape index (κ2) is 12.4. The molecule has 0 atom stereocenters. The molecule has 0 amide bonds. The molecule has 0 saturated carbocycles. The molecule has 2 heterocycles. The van der Waals surface area contributed by atoms with Gasteiger partial charge in [-0.05, 0) is 34.9 Å². The predicted molar refractivity (Wildman–Crippen MR) is 155 cm³/mol. The lowest BCUT2D eigenvalue weighted by Crippen LogP contribution is -2.48. The minimum absolute atomic E-state index is 0.159. The quantitative estimate of drug-likeness (QED) is 0.271. The molecule has 4 aromatic rings. The Balaban J connectivity index is 1.33. The van der Waals surface area contributed by atoms with Crippen LogP contribution in [0.1, 0.15) is 34.3 Å². The van der Waals surface area contributed by atoms with Gasteiger partial charge >= 0.3 is 0 Å². The van der Waals surface area contributed by atoms with Gasteiger partial charge in [-0.25, -0.2) is 0 Å². The van der Waals surface area contributed by atoms with E-state index in [1.165, 1.54) is 11.1 Å². The van der Waals surface area contributed by atoms with Crippen LogP contribution in [0.25, 0.3) is 12.2 Å². The smallest absolute Gasteiger partial charge is 0.235 e. The molecule has 1 aromatic heterocycles. The zero-order chi connectivity index (χ0) is 27.9. The van der Waals surface area contributed by atoms with Gasteiger partial charge in [0.15, 0.2) is 11.5 Å². The number of rotatable bonds is 9. The van der Waals surface area contributed by atoms with Crippen molar-refractivity contribution < 1.29 is 18.6 Å². The normalized spacial score (nSPS) is 13.9. The van der Waals surface area contributed by atoms with Crippen LogP contribution in [0.2, 0.25) is 0 Å². The third kappa shape index (κ3) is 5.65. The Morgan fingerprint density at radius 1 is 0.825 bits per heavy atom. The van der Waals surface area contributed by atoms with E-state index in [-0.39, 0.29) is 11.7 Å². The summed E-state index contributed by atoms with van der Waals surface area (Å²) in [6, 6.07) is 27.2. The molecular weight excluding hydrogens is 504 g/mol. The largest absolute Gasteiger partial charge is 0.493 e. The summed E-state index contributed by atoms with van der Waals surface area (Å²) in [5.41, 5.74) is 3.62. The van der Waals surface area contributed by atoms with Crippen LogP contribution in [-0.2, 0) is 0 Å². The van der Waals surface area contributed by atoms with E-state index in [4.69, 9.17) is 18.6 Å². The van der Waals surface area contributed by atoms with E-state index in [1.807, 2.05) is 30.3 Å². The highest BCUT2D eigenvalue weighted by atomic mass is 16.5. The number of oxazole rings is 1. The molecule has 1 aliphatic rings. The molecule has 8 heteroatoms. The van der Waals surface area contributed by atoms with Crippen molar-refractivity contribution in [1.29, 1.82) is 5.26 Å². The molecule has 1 fully saturated rings. The Morgan fingerprint density at radius 3 is 1.90 bits per heavy atom. The third-order valence-corrected chi connectivity index (χ3v) is 7.03. The maximum atomic E-state index is 9.80. The summed E-state index contributed by atoms with van der Waals surface area (Å²) in [4.78, 5) is 9.01. The summed E-state index contributed by atoms with van der Waals surface area (Å²) < 4.78 is 22.4. The van der Waals surface area contributed by atoms with Gasteiger partial charge in [0.05, 0.1) is 27.4 Å². The fraction of sp³-hybridized carbons (Fsp3) is 0.250. The van der Waals surface area contributed by atoms with Gasteiger partial charge in [0.25, 0.3) is 0 Å². The van der Waals surface area contributed by atoms with Gasteiger partial charge in [0.2, 0.25) is 23.2 Å². The van der Waals surface area contributed by atoms with Crippen LogP contribution in [0.3, 0.4) is 0 Å². The first-order valence-corrected chi connectivity index (χ1v) is 13.1. The molecule has 0 unspecified atom stereocenters. The van der Waals surface area contributed by atoms with Gasteiger partial charge < -0.3 is 23.5 Å². The van der Waals surface area contributed by atoms with E-state index in [0.29, 0.717) is 29.0 Å². The molecule has 0 radical (unpaired) electrons. The van der Waals surface area contributed by atoms with Crippen molar-refractivity contribution in [2.75, 3.05) is 52.4 Å². The lowest BCUT2D eigenvalue weighted by molar-refractivity contribution is 0.209. The molecule has 0 N–H and O–H groups in total. The number of aromatic nitrogens is 1. The molecule has 204 valence electrons. The highest BCUT2D eigenvalue weighted by Gasteiger charge is 2.29. The molecule has 0 bridgehead atoms. The van der Waals surface area contributed by atoms with E-state index in [9.17, 15) is 5.26 Å². The first-order valence-electron chi connectivity index (χ1n) is 13.1. The maximum Gasteiger partial charge on any atom is 0.235 e. The minimum atomic E-state index is 0.159. The lowest BCUT2D eigenvalue weighted by atomic mass is 9.96. The average molecular weight is 537 g/mol. The lowest BCUT2D eigenvalue weighted by Gasteiger charge is -2.39. The maximum absolute atomic E-state index is 9.80. The molecule has 5 rings (SSSR count). The van der Waals surface area contributed by atoms with Crippen molar-refractivity contribution in [3.05, 3.63) is 101 Å². The van der Waals surface area contributed by atoms with Crippen LogP contribution in [0.5, 0.6) is 17.2 Å². The van der Waals surface area contributed by atoms with Crippen molar-refractivity contribution in [2.24, 2.45) is 0 Å². The van der Waals surface area contributed by atoms with Crippen molar-refractivity contribution >= 4 is 18.0 Å². The Hall–Kier alpha value is -4.74. The summed E-state index contributed by atoms with van der Waals surface area (Å²) >= 11 is 0. The Labute approximate surface area is 234 Å². The average Bonchev–Trinajstić information content (AvgIpc) is 3.44. The standard InChI is InChI=1S/C32H32N4O4/c1-37-27-20-23(21-28(38-2)31(27)39-3)14-15-29-34-26(22-33)32(40-29)36-18-16-35(17-19-36)30(24-10-6-4-7-11-24)25-12-8-5-9-13-25/h4-15,20-21,30H,16-19H2,1-3H3. The van der Waals surface area contributed by atoms with Gasteiger partial charge in [-0.2, -0.15) is 10.2 Å². The SMILES string of the molecule is COc1cc(C=Cc2nc(C#N)c(N3CCN(C(c4ccccc4)c4ccccc4)CC3)o2)cc(OC)c1OC. The topological polar surface area (TPSA) is 84.0 Å². The molecule has 0 spiro atoms. The first-order chi connectivity index (χ1) is 19.6. The van der Waals surface area contributed by atoms with Gasteiger partial charge in [0, 0.05) is 32.3 Å². The van der Waals surface area contributed by atoms with Gasteiger partial charge in [-0.1, -0.05) is 60.7 Å². The summed E-state index contributed by atoms with van der Waals surface area (Å²) in [5.74, 6) is 2.48. The molecule has 1 saturated heterocycles. The van der Waals surface area contributed by atoms with Gasteiger partial charge in [0.1, 0.15) is 6.07 Å². The number of anilines is 1. The Morgan fingerprint density at radius 2 is 1.40 bits per heavy atom. The van der Waals surface area contributed by atoms with Crippen LogP contribution in [0.4, 0.5) is 5.88 Å². The van der Waals surface area contributed by atoms with Crippen LogP contribution in [-0.4, -0.2) is 57.4 Å². The molecule has 0 aliphatic carbocycles. The Kier molecular flexibility index (Phi) is 8.33. The summed E-state index contributed by atoms with van der Waals surface area (Å²) in [7, 11) is 4.72. The zero-order valence-electron chi connectivity index (χ0n) is 22.9. The number of ether oxygens (including phenoxy) is 3. The van der Waals surface area contributed by atoms with Crippen LogP contribution in [0.15, 0.2) is 77.2 Å². The van der Waals surface area contributed by atoms with E-state index < -0.39 is 0 Å². The van der Waals surface area contributed by atoms with Crippen LogP contribution >= 0.6 is 0 Å². The van der Waals surface area contributed by atoms with Gasteiger partial charge in [-0.3, -0.25) is 4.90 Å². The first kappa shape index (κ1) is 26.9. The number of piperazine rings is 1. The second-order valence-corrected chi connectivity index (χ2v) is 9.36. The third-order valence-electron chi connectivity index (χ3n) is 7.03. The molecule has 40 heavy (non-hydrogen) atoms. The minimum Gasteiger partial charge on any atom is -0.493 e. The summed E-state index contributed by atoms with van der Waals surface area (Å²) in [5, 5.41) is 9.80. The second-order valence-electron chi connectivity index (χ2n) is 9.36.